The first-order chi connectivity index (χ1) is 9.11. The van der Waals surface area contributed by atoms with Crippen molar-refractivity contribution in [3.05, 3.63) is 29.8 Å². The molecule has 106 valence electrons. The lowest BCUT2D eigenvalue weighted by molar-refractivity contribution is -0.123. The number of carbonyl (C=O) groups is 1. The van der Waals surface area contributed by atoms with Crippen molar-refractivity contribution in [2.75, 3.05) is 19.8 Å². The number of carbonyl (C=O) groups excluding carboxylic acids is 1. The molecular weight excluding hydrogens is 242 g/mol. The van der Waals surface area contributed by atoms with Crippen LogP contribution < -0.4 is 10.1 Å². The third-order valence-corrected chi connectivity index (χ3v) is 2.72. The van der Waals surface area contributed by atoms with Gasteiger partial charge in [-0.05, 0) is 39.3 Å². The summed E-state index contributed by atoms with van der Waals surface area (Å²) in [6.07, 6.45) is 0.979. The molecule has 1 atom stereocenters. The van der Waals surface area contributed by atoms with Crippen LogP contribution in [0.15, 0.2) is 24.3 Å². The van der Waals surface area contributed by atoms with Gasteiger partial charge in [-0.3, -0.25) is 4.79 Å². The van der Waals surface area contributed by atoms with Gasteiger partial charge < -0.3 is 14.8 Å². The SMILES string of the molecule is CCOC(C)CCNC(=O)COc1ccc(C)cc1. The lowest BCUT2D eigenvalue weighted by atomic mass is 10.2. The maximum absolute atomic E-state index is 11.5. The van der Waals surface area contributed by atoms with E-state index in [-0.39, 0.29) is 18.6 Å². The minimum absolute atomic E-state index is 0.0477. The zero-order chi connectivity index (χ0) is 14.1. The van der Waals surface area contributed by atoms with Crippen LogP contribution in [0.3, 0.4) is 0 Å². The standard InChI is InChI=1S/C15H23NO3/c1-4-18-13(3)9-10-16-15(17)11-19-14-7-5-12(2)6-8-14/h5-8,13H,4,9-11H2,1-3H3,(H,16,17). The highest BCUT2D eigenvalue weighted by Gasteiger charge is 2.04. The van der Waals surface area contributed by atoms with Gasteiger partial charge in [-0.25, -0.2) is 0 Å². The lowest BCUT2D eigenvalue weighted by Gasteiger charge is -2.12. The lowest BCUT2D eigenvalue weighted by Crippen LogP contribution is -2.31. The fraction of sp³-hybridized carbons (Fsp3) is 0.533. The molecule has 1 unspecified atom stereocenters. The van der Waals surface area contributed by atoms with Gasteiger partial charge in [0.1, 0.15) is 5.75 Å². The van der Waals surface area contributed by atoms with Crippen LogP contribution in [0, 0.1) is 6.92 Å². The van der Waals surface area contributed by atoms with Gasteiger partial charge in [0, 0.05) is 13.2 Å². The Labute approximate surface area is 115 Å². The topological polar surface area (TPSA) is 47.6 Å². The van der Waals surface area contributed by atoms with Crippen molar-refractivity contribution in [3.63, 3.8) is 0 Å². The number of hydrogen-bond donors (Lipinski definition) is 1. The summed E-state index contributed by atoms with van der Waals surface area (Å²) in [7, 11) is 0. The van der Waals surface area contributed by atoms with Gasteiger partial charge in [-0.2, -0.15) is 0 Å². The molecule has 0 aromatic heterocycles. The first-order valence-corrected chi connectivity index (χ1v) is 6.69. The molecule has 19 heavy (non-hydrogen) atoms. The van der Waals surface area contributed by atoms with E-state index in [0.717, 1.165) is 6.42 Å². The second-order valence-electron chi connectivity index (χ2n) is 4.51. The molecule has 1 N–H and O–H groups in total. The van der Waals surface area contributed by atoms with Crippen LogP contribution in [-0.2, 0) is 9.53 Å². The fourth-order valence-electron chi connectivity index (χ4n) is 1.62. The normalized spacial score (nSPS) is 11.9. The van der Waals surface area contributed by atoms with Gasteiger partial charge in [0.2, 0.25) is 0 Å². The van der Waals surface area contributed by atoms with Gasteiger partial charge >= 0.3 is 0 Å². The van der Waals surface area contributed by atoms with Crippen molar-refractivity contribution in [3.8, 4) is 5.75 Å². The molecule has 1 aromatic rings. The summed E-state index contributed by atoms with van der Waals surface area (Å²) >= 11 is 0. The van der Waals surface area contributed by atoms with Gasteiger partial charge in [0.25, 0.3) is 5.91 Å². The third kappa shape index (κ3) is 6.82. The number of rotatable bonds is 8. The van der Waals surface area contributed by atoms with E-state index in [2.05, 4.69) is 5.32 Å². The molecule has 0 bridgehead atoms. The van der Waals surface area contributed by atoms with E-state index < -0.39 is 0 Å². The van der Waals surface area contributed by atoms with E-state index in [9.17, 15) is 4.79 Å². The highest BCUT2D eigenvalue weighted by molar-refractivity contribution is 5.77. The highest BCUT2D eigenvalue weighted by Crippen LogP contribution is 2.10. The first kappa shape index (κ1) is 15.5. The second kappa shape index (κ2) is 8.53. The maximum atomic E-state index is 11.5. The molecule has 1 rings (SSSR count). The Bertz CT molecular complexity index is 375. The molecule has 0 heterocycles. The number of benzene rings is 1. The molecule has 0 fully saturated rings. The van der Waals surface area contributed by atoms with Gasteiger partial charge in [0.05, 0.1) is 6.10 Å². The predicted molar refractivity (Wildman–Crippen MR) is 75.4 cm³/mol. The Morgan fingerprint density at radius 3 is 2.63 bits per heavy atom. The highest BCUT2D eigenvalue weighted by atomic mass is 16.5. The summed E-state index contributed by atoms with van der Waals surface area (Å²) in [5.74, 6) is 0.604. The second-order valence-corrected chi connectivity index (χ2v) is 4.51. The van der Waals surface area contributed by atoms with E-state index in [1.54, 1.807) is 0 Å². The summed E-state index contributed by atoms with van der Waals surface area (Å²) in [6, 6.07) is 7.63. The van der Waals surface area contributed by atoms with Gasteiger partial charge in [0.15, 0.2) is 6.61 Å². The van der Waals surface area contributed by atoms with Crippen LogP contribution >= 0.6 is 0 Å². The zero-order valence-corrected chi connectivity index (χ0v) is 11.9. The smallest absolute Gasteiger partial charge is 0.257 e. The van der Waals surface area contributed by atoms with Crippen LogP contribution in [0.25, 0.3) is 0 Å². The summed E-state index contributed by atoms with van der Waals surface area (Å²) in [6.45, 7) is 7.33. The number of hydrogen-bond acceptors (Lipinski definition) is 3. The van der Waals surface area contributed by atoms with Crippen LogP contribution in [-0.4, -0.2) is 31.8 Å². The van der Waals surface area contributed by atoms with Crippen molar-refractivity contribution >= 4 is 5.91 Å². The Morgan fingerprint density at radius 2 is 2.00 bits per heavy atom. The minimum Gasteiger partial charge on any atom is -0.484 e. The summed E-state index contributed by atoms with van der Waals surface area (Å²) in [4.78, 5) is 11.5. The molecule has 0 saturated heterocycles. The van der Waals surface area contributed by atoms with E-state index in [4.69, 9.17) is 9.47 Å². The molecule has 0 radical (unpaired) electrons. The Hall–Kier alpha value is -1.55. The maximum Gasteiger partial charge on any atom is 0.257 e. The average Bonchev–Trinajstić information content (AvgIpc) is 2.38. The molecule has 0 saturated carbocycles. The molecule has 0 spiro atoms. The quantitative estimate of drug-likeness (QED) is 0.784. The van der Waals surface area contributed by atoms with Crippen molar-refractivity contribution in [2.45, 2.75) is 33.3 Å². The number of aryl methyl sites for hydroxylation is 1. The first-order valence-electron chi connectivity index (χ1n) is 6.69. The van der Waals surface area contributed by atoms with Crippen LogP contribution in [0.1, 0.15) is 25.8 Å². The zero-order valence-electron chi connectivity index (χ0n) is 11.9. The van der Waals surface area contributed by atoms with Crippen molar-refractivity contribution in [1.29, 1.82) is 0 Å². The number of amides is 1. The minimum atomic E-state index is -0.107. The molecule has 0 aliphatic heterocycles. The third-order valence-electron chi connectivity index (χ3n) is 2.72. The van der Waals surface area contributed by atoms with Gasteiger partial charge in [-0.1, -0.05) is 17.7 Å². The fourth-order valence-corrected chi connectivity index (χ4v) is 1.62. The van der Waals surface area contributed by atoms with Crippen molar-refractivity contribution in [1.82, 2.24) is 5.32 Å². The van der Waals surface area contributed by atoms with Crippen LogP contribution in [0.5, 0.6) is 5.75 Å². The van der Waals surface area contributed by atoms with Crippen molar-refractivity contribution in [2.24, 2.45) is 0 Å². The van der Waals surface area contributed by atoms with E-state index in [1.165, 1.54) is 5.56 Å². The predicted octanol–water partition coefficient (Wildman–Crippen LogP) is 2.31. The van der Waals surface area contributed by atoms with E-state index >= 15 is 0 Å². The van der Waals surface area contributed by atoms with Crippen molar-refractivity contribution < 1.29 is 14.3 Å². The number of ether oxygens (including phenoxy) is 2. The molecule has 0 aliphatic rings. The van der Waals surface area contributed by atoms with Gasteiger partial charge in [-0.15, -0.1) is 0 Å². The summed E-state index contributed by atoms with van der Waals surface area (Å²) in [5, 5.41) is 2.81. The largest absolute Gasteiger partial charge is 0.484 e. The van der Waals surface area contributed by atoms with E-state index in [0.29, 0.717) is 18.9 Å². The van der Waals surface area contributed by atoms with Crippen LogP contribution in [0.2, 0.25) is 0 Å². The Kier molecular flexibility index (Phi) is 6.97. The van der Waals surface area contributed by atoms with E-state index in [1.807, 2.05) is 45.0 Å². The number of nitrogens with one attached hydrogen (secondary N) is 1. The van der Waals surface area contributed by atoms with Crippen LogP contribution in [0.4, 0.5) is 0 Å². The monoisotopic (exact) mass is 265 g/mol. The molecular formula is C15H23NO3. The Balaban J connectivity index is 2.16. The summed E-state index contributed by atoms with van der Waals surface area (Å²) in [5.41, 5.74) is 1.17. The average molecular weight is 265 g/mol. The molecule has 1 aromatic carbocycles. The molecule has 4 heteroatoms. The molecule has 4 nitrogen and oxygen atoms in total. The Morgan fingerprint density at radius 1 is 1.32 bits per heavy atom. The molecule has 0 aliphatic carbocycles. The molecule has 1 amide bonds. The summed E-state index contributed by atoms with van der Waals surface area (Å²) < 4.78 is 10.8.